The first-order valence-electron chi connectivity index (χ1n) is 5.88. The summed E-state index contributed by atoms with van der Waals surface area (Å²) in [6.45, 7) is 11.0. The van der Waals surface area contributed by atoms with Crippen molar-refractivity contribution in [2.45, 2.75) is 47.1 Å². The SMILES string of the molecule is CC1=CC[C@H](C)C(C)(C)[C@@H]1C=C[C@H](C)O. The van der Waals surface area contributed by atoms with E-state index < -0.39 is 0 Å². The normalized spacial score (nSPS) is 32.8. The summed E-state index contributed by atoms with van der Waals surface area (Å²) >= 11 is 0. The van der Waals surface area contributed by atoms with Gasteiger partial charge in [0.1, 0.15) is 0 Å². The molecule has 0 saturated carbocycles. The van der Waals surface area contributed by atoms with Gasteiger partial charge < -0.3 is 5.11 Å². The quantitative estimate of drug-likeness (QED) is 0.688. The minimum atomic E-state index is -0.342. The van der Waals surface area contributed by atoms with Crippen molar-refractivity contribution in [3.8, 4) is 0 Å². The van der Waals surface area contributed by atoms with Crippen molar-refractivity contribution in [1.29, 1.82) is 0 Å². The van der Waals surface area contributed by atoms with Gasteiger partial charge in [-0.05, 0) is 31.6 Å². The largest absolute Gasteiger partial charge is 0.389 e. The van der Waals surface area contributed by atoms with Crippen LogP contribution >= 0.6 is 0 Å². The molecule has 1 nitrogen and oxygen atoms in total. The highest BCUT2D eigenvalue weighted by molar-refractivity contribution is 5.20. The molecule has 0 aliphatic heterocycles. The maximum absolute atomic E-state index is 9.30. The highest BCUT2D eigenvalue weighted by atomic mass is 16.3. The number of rotatable bonds is 2. The number of aliphatic hydroxyl groups is 1. The second kappa shape index (κ2) is 4.52. The summed E-state index contributed by atoms with van der Waals surface area (Å²) in [5.41, 5.74) is 1.74. The Morgan fingerprint density at radius 2 is 2.13 bits per heavy atom. The van der Waals surface area contributed by atoms with E-state index in [1.165, 1.54) is 12.0 Å². The van der Waals surface area contributed by atoms with E-state index in [4.69, 9.17) is 0 Å². The van der Waals surface area contributed by atoms with Gasteiger partial charge in [-0.2, -0.15) is 0 Å². The van der Waals surface area contributed by atoms with Gasteiger partial charge >= 0.3 is 0 Å². The Kier molecular flexibility index (Phi) is 3.77. The summed E-state index contributed by atoms with van der Waals surface area (Å²) in [6.07, 6.45) is 7.25. The van der Waals surface area contributed by atoms with E-state index >= 15 is 0 Å². The third kappa shape index (κ3) is 2.72. The second-order valence-electron chi connectivity index (χ2n) is 5.51. The van der Waals surface area contributed by atoms with Crippen LogP contribution in [0.5, 0.6) is 0 Å². The Labute approximate surface area is 93.9 Å². The molecule has 86 valence electrons. The number of allylic oxidation sites excluding steroid dienone is 3. The summed E-state index contributed by atoms with van der Waals surface area (Å²) in [7, 11) is 0. The molecular weight excluding hydrogens is 184 g/mol. The van der Waals surface area contributed by atoms with Crippen LogP contribution in [0.2, 0.25) is 0 Å². The summed E-state index contributed by atoms with van der Waals surface area (Å²) in [6, 6.07) is 0. The van der Waals surface area contributed by atoms with Crippen LogP contribution in [0.4, 0.5) is 0 Å². The molecule has 1 rings (SSSR count). The Bertz CT molecular complexity index is 271. The minimum absolute atomic E-state index is 0.296. The van der Waals surface area contributed by atoms with Gasteiger partial charge in [-0.3, -0.25) is 0 Å². The molecule has 1 aliphatic carbocycles. The fraction of sp³-hybridized carbons (Fsp3) is 0.714. The molecule has 0 bridgehead atoms. The van der Waals surface area contributed by atoms with Crippen LogP contribution in [0.25, 0.3) is 0 Å². The summed E-state index contributed by atoms with van der Waals surface area (Å²) in [5.74, 6) is 1.17. The molecule has 0 heterocycles. The molecule has 0 saturated heterocycles. The average Bonchev–Trinajstić information content (AvgIpc) is 2.11. The molecule has 0 amide bonds. The zero-order valence-corrected chi connectivity index (χ0v) is 10.6. The zero-order chi connectivity index (χ0) is 11.6. The van der Waals surface area contributed by atoms with Gasteiger partial charge in [-0.25, -0.2) is 0 Å². The molecule has 1 heteroatoms. The Morgan fingerprint density at radius 1 is 1.53 bits per heavy atom. The molecule has 0 spiro atoms. The number of hydrogen-bond acceptors (Lipinski definition) is 1. The molecule has 0 radical (unpaired) electrons. The van der Waals surface area contributed by atoms with Gasteiger partial charge in [-0.1, -0.05) is 44.6 Å². The molecule has 0 unspecified atom stereocenters. The Hall–Kier alpha value is -0.560. The third-order valence-corrected chi connectivity index (χ3v) is 3.94. The van der Waals surface area contributed by atoms with Crippen molar-refractivity contribution in [2.24, 2.45) is 17.3 Å². The topological polar surface area (TPSA) is 20.2 Å². The monoisotopic (exact) mass is 208 g/mol. The van der Waals surface area contributed by atoms with Crippen molar-refractivity contribution < 1.29 is 5.11 Å². The van der Waals surface area contributed by atoms with Crippen LogP contribution in [-0.4, -0.2) is 11.2 Å². The summed E-state index contributed by atoms with van der Waals surface area (Å²) < 4.78 is 0. The first kappa shape index (κ1) is 12.5. The lowest BCUT2D eigenvalue weighted by atomic mass is 9.63. The van der Waals surface area contributed by atoms with Gasteiger partial charge in [0.15, 0.2) is 0 Å². The first-order valence-corrected chi connectivity index (χ1v) is 5.88. The molecule has 1 N–H and O–H groups in total. The highest BCUT2D eigenvalue weighted by Crippen LogP contribution is 2.45. The van der Waals surface area contributed by atoms with Crippen LogP contribution in [0, 0.1) is 17.3 Å². The molecular formula is C14H24O. The second-order valence-corrected chi connectivity index (χ2v) is 5.51. The highest BCUT2D eigenvalue weighted by Gasteiger charge is 2.36. The molecule has 0 fully saturated rings. The van der Waals surface area contributed by atoms with Gasteiger partial charge in [0.2, 0.25) is 0 Å². The maximum atomic E-state index is 9.30. The van der Waals surface area contributed by atoms with Gasteiger partial charge in [0.25, 0.3) is 0 Å². The molecule has 15 heavy (non-hydrogen) atoms. The van der Waals surface area contributed by atoms with Crippen LogP contribution in [0.3, 0.4) is 0 Å². The smallest absolute Gasteiger partial charge is 0.0692 e. The van der Waals surface area contributed by atoms with Crippen molar-refractivity contribution >= 4 is 0 Å². The van der Waals surface area contributed by atoms with E-state index in [0.717, 1.165) is 0 Å². The van der Waals surface area contributed by atoms with Crippen molar-refractivity contribution in [2.75, 3.05) is 0 Å². The van der Waals surface area contributed by atoms with E-state index in [9.17, 15) is 5.11 Å². The van der Waals surface area contributed by atoms with E-state index in [1.54, 1.807) is 6.92 Å². The summed E-state index contributed by atoms with van der Waals surface area (Å²) in [4.78, 5) is 0. The Balaban J connectivity index is 2.92. The summed E-state index contributed by atoms with van der Waals surface area (Å²) in [5, 5.41) is 9.30. The predicted molar refractivity (Wildman–Crippen MR) is 65.6 cm³/mol. The molecule has 0 aromatic heterocycles. The average molecular weight is 208 g/mol. The van der Waals surface area contributed by atoms with Gasteiger partial charge in [-0.15, -0.1) is 0 Å². The Morgan fingerprint density at radius 3 is 2.67 bits per heavy atom. The predicted octanol–water partition coefficient (Wildman–Crippen LogP) is 3.55. The van der Waals surface area contributed by atoms with Crippen molar-refractivity contribution in [1.82, 2.24) is 0 Å². The maximum Gasteiger partial charge on any atom is 0.0692 e. The lowest BCUT2D eigenvalue weighted by molar-refractivity contribution is 0.166. The van der Waals surface area contributed by atoms with Gasteiger partial charge in [0, 0.05) is 5.92 Å². The van der Waals surface area contributed by atoms with Crippen LogP contribution in [-0.2, 0) is 0 Å². The van der Waals surface area contributed by atoms with Crippen molar-refractivity contribution in [3.05, 3.63) is 23.8 Å². The molecule has 0 aromatic rings. The number of aliphatic hydroxyl groups excluding tert-OH is 1. The minimum Gasteiger partial charge on any atom is -0.389 e. The fourth-order valence-electron chi connectivity index (χ4n) is 2.36. The number of hydrogen-bond donors (Lipinski definition) is 1. The van der Waals surface area contributed by atoms with E-state index in [0.29, 0.717) is 17.3 Å². The van der Waals surface area contributed by atoms with E-state index in [1.807, 2.05) is 6.08 Å². The van der Waals surface area contributed by atoms with Crippen LogP contribution < -0.4 is 0 Å². The molecule has 3 atom stereocenters. The molecule has 1 aliphatic rings. The fourth-order valence-corrected chi connectivity index (χ4v) is 2.36. The third-order valence-electron chi connectivity index (χ3n) is 3.94. The van der Waals surface area contributed by atoms with Crippen molar-refractivity contribution in [3.63, 3.8) is 0 Å². The lowest BCUT2D eigenvalue weighted by Crippen LogP contribution is -2.33. The van der Waals surface area contributed by atoms with Gasteiger partial charge in [0.05, 0.1) is 6.10 Å². The standard InChI is InChI=1S/C14H24O/c1-10-6-7-11(2)14(4,5)13(10)9-8-12(3)15/h6,8-9,11-13,15H,7H2,1-5H3/t11-,12-,13+/m0/s1. The molecule has 0 aromatic carbocycles. The lowest BCUT2D eigenvalue weighted by Gasteiger charge is -2.42. The first-order chi connectivity index (χ1) is 6.85. The van der Waals surface area contributed by atoms with E-state index in [2.05, 4.69) is 39.8 Å². The van der Waals surface area contributed by atoms with Crippen LogP contribution in [0.1, 0.15) is 41.0 Å². The van der Waals surface area contributed by atoms with Crippen LogP contribution in [0.15, 0.2) is 23.8 Å². The zero-order valence-electron chi connectivity index (χ0n) is 10.6. The van der Waals surface area contributed by atoms with E-state index in [-0.39, 0.29) is 6.10 Å².